The summed E-state index contributed by atoms with van der Waals surface area (Å²) in [4.78, 5) is 26.5. The number of hydrogen-bond acceptors (Lipinski definition) is 9. The third-order valence-electron chi connectivity index (χ3n) is 10.0. The number of carbonyl (C=O) groups is 1. The van der Waals surface area contributed by atoms with Gasteiger partial charge in [0.2, 0.25) is 5.91 Å². The number of nitrogen functional groups attached to an aromatic ring is 1. The molecular weight excluding hydrogens is 672 g/mol. The van der Waals surface area contributed by atoms with Crippen LogP contribution in [0.5, 0.6) is 6.01 Å². The third kappa shape index (κ3) is 5.38. The maximum Gasteiger partial charge on any atom is 0.417 e. The first-order valence-electron chi connectivity index (χ1n) is 15.8. The Bertz CT molecular complexity index is 2050. The lowest BCUT2D eigenvalue weighted by Gasteiger charge is -2.32. The van der Waals surface area contributed by atoms with E-state index in [9.17, 15) is 32.0 Å². The monoisotopic (exact) mass is 703 g/mol. The Balaban J connectivity index is 1.47. The second kappa shape index (κ2) is 11.9. The Morgan fingerprint density at radius 3 is 2.69 bits per heavy atom. The zero-order valence-corrected chi connectivity index (χ0v) is 27.3. The fourth-order valence-corrected chi connectivity index (χ4v) is 8.70. The van der Waals surface area contributed by atoms with Crippen LogP contribution in [0.4, 0.5) is 37.2 Å². The summed E-state index contributed by atoms with van der Waals surface area (Å²) < 4.78 is 97.2. The summed E-state index contributed by atoms with van der Waals surface area (Å²) in [6.07, 6.45) is -4.41. The SMILES string of the molecule is CCN(c1nc(OCC23CCCN2CC(F)C3)nc2c(F)c(-c3ccc(F)c4sc(N)c(C#N)c34)c(C(F)(F)F)cc12)C1CC(=O)N(C)C1. The van der Waals surface area contributed by atoms with Crippen LogP contribution >= 0.6 is 11.3 Å². The fourth-order valence-electron chi connectivity index (χ4n) is 7.75. The molecule has 0 radical (unpaired) electrons. The Morgan fingerprint density at radius 1 is 1.24 bits per heavy atom. The number of aromatic nitrogens is 2. The van der Waals surface area contributed by atoms with Crippen LogP contribution in [0.3, 0.4) is 0 Å². The summed E-state index contributed by atoms with van der Waals surface area (Å²) in [7, 11) is 1.61. The van der Waals surface area contributed by atoms with Crippen LogP contribution in [0.1, 0.15) is 43.7 Å². The normalized spacial score (nSPS) is 22.8. The average Bonchev–Trinajstić information content (AvgIpc) is 3.77. The van der Waals surface area contributed by atoms with E-state index in [2.05, 4.69) is 9.97 Å². The van der Waals surface area contributed by atoms with Gasteiger partial charge in [-0.3, -0.25) is 9.69 Å². The predicted octanol–water partition coefficient (Wildman–Crippen LogP) is 6.27. The molecule has 3 aliphatic rings. The molecule has 2 aromatic heterocycles. The number of likely N-dealkylation sites (N-methyl/N-ethyl adjacent to an activating group) is 2. The number of alkyl halides is 4. The lowest BCUT2D eigenvalue weighted by Crippen LogP contribution is -2.43. The molecule has 0 saturated carbocycles. The summed E-state index contributed by atoms with van der Waals surface area (Å²) in [6.45, 7) is 3.09. The molecule has 0 spiro atoms. The molecule has 3 saturated heterocycles. The minimum Gasteiger partial charge on any atom is -0.461 e. The largest absolute Gasteiger partial charge is 0.461 e. The van der Waals surface area contributed by atoms with Gasteiger partial charge in [-0.1, -0.05) is 6.07 Å². The van der Waals surface area contributed by atoms with Crippen molar-refractivity contribution in [2.75, 3.05) is 50.5 Å². The minimum atomic E-state index is -5.12. The van der Waals surface area contributed by atoms with Gasteiger partial charge in [-0.15, -0.1) is 11.3 Å². The molecule has 258 valence electrons. The first-order chi connectivity index (χ1) is 23.3. The van der Waals surface area contributed by atoms with E-state index in [4.69, 9.17) is 10.5 Å². The average molecular weight is 704 g/mol. The number of likely N-dealkylation sites (tertiary alicyclic amines) is 1. The predicted molar refractivity (Wildman–Crippen MR) is 172 cm³/mol. The van der Waals surface area contributed by atoms with E-state index in [1.807, 2.05) is 11.0 Å². The quantitative estimate of drug-likeness (QED) is 0.224. The summed E-state index contributed by atoms with van der Waals surface area (Å²) in [5.41, 5.74) is 1.82. The van der Waals surface area contributed by atoms with E-state index < -0.39 is 52.2 Å². The Hall–Kier alpha value is -4.36. The van der Waals surface area contributed by atoms with E-state index in [1.54, 1.807) is 18.9 Å². The molecule has 3 aliphatic heterocycles. The zero-order valence-electron chi connectivity index (χ0n) is 26.5. The molecule has 3 unspecified atom stereocenters. The number of hydrogen-bond donors (Lipinski definition) is 1. The van der Waals surface area contributed by atoms with Crippen molar-refractivity contribution in [3.63, 3.8) is 0 Å². The molecule has 0 bridgehead atoms. The molecular formula is C33H31F6N7O2S. The molecule has 3 atom stereocenters. The van der Waals surface area contributed by atoms with Gasteiger partial charge in [-0.2, -0.15) is 28.4 Å². The Kier molecular flexibility index (Phi) is 8.05. The molecule has 2 aromatic carbocycles. The lowest BCUT2D eigenvalue weighted by molar-refractivity contribution is -0.137. The van der Waals surface area contributed by atoms with Crippen LogP contribution in [0.25, 0.3) is 32.1 Å². The topological polar surface area (TPSA) is 112 Å². The van der Waals surface area contributed by atoms with Crippen LogP contribution in [-0.4, -0.2) is 83.3 Å². The standard InChI is InChI=1S/C33H31F6N7O2S/c1-3-46(17-9-23(47)44(2)14-17)30-19-10-21(33(37,38)39)25(18-5-6-22(35)28-24(18)20(12-40)29(41)49-28)26(36)27(19)42-31(43-30)48-15-32-7-4-8-45(32)13-16(34)11-32/h5-6,10,16-17H,3-4,7-9,11,13-15,41H2,1-2H3. The van der Waals surface area contributed by atoms with Crippen LogP contribution in [0.15, 0.2) is 18.2 Å². The summed E-state index contributed by atoms with van der Waals surface area (Å²) in [5.74, 6) is -2.46. The number of carbonyl (C=O) groups excluding carboxylic acids is 1. The highest BCUT2D eigenvalue weighted by atomic mass is 32.1. The number of halogens is 6. The number of anilines is 2. The van der Waals surface area contributed by atoms with Crippen LogP contribution in [-0.2, 0) is 11.0 Å². The van der Waals surface area contributed by atoms with Gasteiger partial charge < -0.3 is 20.3 Å². The van der Waals surface area contributed by atoms with Crippen LogP contribution in [0, 0.1) is 23.0 Å². The lowest BCUT2D eigenvalue weighted by atomic mass is 9.92. The highest BCUT2D eigenvalue weighted by Crippen LogP contribution is 2.48. The van der Waals surface area contributed by atoms with Gasteiger partial charge in [0.1, 0.15) is 41.0 Å². The highest BCUT2D eigenvalue weighted by Gasteiger charge is 2.49. The molecule has 16 heteroatoms. The number of nitrogens with two attached hydrogens (primary N) is 1. The number of amides is 1. The van der Waals surface area contributed by atoms with Crippen molar-refractivity contribution < 1.29 is 35.9 Å². The molecule has 4 aromatic rings. The van der Waals surface area contributed by atoms with Crippen molar-refractivity contribution in [1.29, 1.82) is 5.26 Å². The van der Waals surface area contributed by atoms with E-state index in [0.29, 0.717) is 24.3 Å². The van der Waals surface area contributed by atoms with Crippen molar-refractivity contribution in [2.24, 2.45) is 0 Å². The molecule has 9 nitrogen and oxygen atoms in total. The summed E-state index contributed by atoms with van der Waals surface area (Å²) >= 11 is 0.676. The Morgan fingerprint density at radius 2 is 2.02 bits per heavy atom. The number of nitriles is 1. The number of nitrogens with zero attached hydrogens (tertiary/aromatic N) is 6. The van der Waals surface area contributed by atoms with Crippen LogP contribution in [0.2, 0.25) is 0 Å². The number of fused-ring (bicyclic) bond motifs is 3. The minimum absolute atomic E-state index is 0.0252. The second-order valence-corrected chi connectivity index (χ2v) is 13.9. The van der Waals surface area contributed by atoms with Crippen molar-refractivity contribution in [1.82, 2.24) is 19.8 Å². The van der Waals surface area contributed by atoms with Gasteiger partial charge in [0.15, 0.2) is 5.82 Å². The highest BCUT2D eigenvalue weighted by molar-refractivity contribution is 7.23. The van der Waals surface area contributed by atoms with Crippen molar-refractivity contribution >= 4 is 49.1 Å². The first-order valence-corrected chi connectivity index (χ1v) is 16.6. The van der Waals surface area contributed by atoms with E-state index in [-0.39, 0.29) is 88.4 Å². The molecule has 7 rings (SSSR count). The van der Waals surface area contributed by atoms with E-state index in [0.717, 1.165) is 24.6 Å². The molecule has 2 N–H and O–H groups in total. The van der Waals surface area contributed by atoms with Crippen LogP contribution < -0.4 is 15.4 Å². The molecule has 1 amide bonds. The third-order valence-corrected chi connectivity index (χ3v) is 11.0. The van der Waals surface area contributed by atoms with Crippen molar-refractivity contribution in [3.05, 3.63) is 41.0 Å². The fraction of sp³-hybridized carbons (Fsp3) is 0.455. The molecule has 5 heterocycles. The Labute approximate surface area is 280 Å². The maximum atomic E-state index is 17.1. The van der Waals surface area contributed by atoms with Gasteiger partial charge in [0.25, 0.3) is 0 Å². The molecule has 3 fully saturated rings. The van der Waals surface area contributed by atoms with Gasteiger partial charge >= 0.3 is 12.2 Å². The zero-order chi connectivity index (χ0) is 35.0. The molecule has 49 heavy (non-hydrogen) atoms. The van der Waals surface area contributed by atoms with Gasteiger partial charge in [0, 0.05) is 55.9 Å². The van der Waals surface area contributed by atoms with Gasteiger partial charge in [-0.05, 0) is 44.0 Å². The van der Waals surface area contributed by atoms with E-state index >= 15 is 4.39 Å². The van der Waals surface area contributed by atoms with Gasteiger partial charge in [-0.25, -0.2) is 13.2 Å². The second-order valence-electron chi connectivity index (χ2n) is 12.9. The van der Waals surface area contributed by atoms with Crippen molar-refractivity contribution in [2.45, 2.75) is 56.5 Å². The van der Waals surface area contributed by atoms with E-state index in [1.165, 1.54) is 4.90 Å². The molecule has 0 aliphatic carbocycles. The summed E-state index contributed by atoms with van der Waals surface area (Å²) in [5, 5.41) is 9.16. The number of thiophene rings is 1. The van der Waals surface area contributed by atoms with Gasteiger partial charge in [0.05, 0.1) is 27.4 Å². The first kappa shape index (κ1) is 33.2. The smallest absolute Gasteiger partial charge is 0.417 e. The van der Waals surface area contributed by atoms with Crippen molar-refractivity contribution in [3.8, 4) is 23.2 Å². The number of benzene rings is 2. The summed E-state index contributed by atoms with van der Waals surface area (Å²) in [6, 6.07) is 3.62. The number of ether oxygens (including phenoxy) is 1. The number of rotatable bonds is 7. The maximum absolute atomic E-state index is 17.1.